The maximum absolute atomic E-state index is 12.1. The first-order valence-corrected chi connectivity index (χ1v) is 9.05. The summed E-state index contributed by atoms with van der Waals surface area (Å²) in [5.74, 6) is -0.280. The first kappa shape index (κ1) is 19.9. The van der Waals surface area contributed by atoms with E-state index in [4.69, 9.17) is 19.9 Å². The summed E-state index contributed by atoms with van der Waals surface area (Å²) >= 11 is 0. The van der Waals surface area contributed by atoms with Gasteiger partial charge in [-0.15, -0.1) is 0 Å². The van der Waals surface area contributed by atoms with Crippen LogP contribution in [0.15, 0.2) is 84.9 Å². The average Bonchev–Trinajstić information content (AvgIpc) is 2.76. The Morgan fingerprint density at radius 2 is 1.31 bits per heavy atom. The second-order valence-electron chi connectivity index (χ2n) is 6.22. The fraction of sp³-hybridized carbons (Fsp3) is 0.130. The van der Waals surface area contributed by atoms with Gasteiger partial charge in [0.05, 0.1) is 0 Å². The van der Waals surface area contributed by atoms with Gasteiger partial charge in [0.2, 0.25) is 6.10 Å². The van der Waals surface area contributed by atoms with Crippen LogP contribution in [-0.2, 0) is 20.9 Å². The molecule has 0 fully saturated rings. The second-order valence-corrected chi connectivity index (χ2v) is 6.22. The van der Waals surface area contributed by atoms with Crippen LogP contribution in [0.2, 0.25) is 0 Å². The van der Waals surface area contributed by atoms with E-state index in [-0.39, 0.29) is 6.61 Å². The van der Waals surface area contributed by atoms with Crippen LogP contribution in [0, 0.1) is 0 Å². The molecule has 2 N–H and O–H groups in total. The molecular weight excluding hydrogens is 370 g/mol. The molecular formula is C23H21NO5. The molecule has 0 aliphatic rings. The van der Waals surface area contributed by atoms with Crippen molar-refractivity contribution in [1.29, 1.82) is 0 Å². The third-order valence-electron chi connectivity index (χ3n) is 4.04. The minimum Gasteiger partial charge on any atom is -0.489 e. The van der Waals surface area contributed by atoms with Crippen LogP contribution >= 0.6 is 0 Å². The van der Waals surface area contributed by atoms with Crippen molar-refractivity contribution in [3.05, 3.63) is 96.1 Å². The fourth-order valence-electron chi connectivity index (χ4n) is 2.60. The SMILES string of the molecule is NC(=O)C(OC(=O)COc1ccc(OCc2ccccc2)cc1)c1ccccc1. The molecule has 3 rings (SSSR count). The molecule has 0 saturated carbocycles. The van der Waals surface area contributed by atoms with E-state index in [1.807, 2.05) is 30.3 Å². The van der Waals surface area contributed by atoms with Crippen molar-refractivity contribution in [2.45, 2.75) is 12.7 Å². The summed E-state index contributed by atoms with van der Waals surface area (Å²) in [6, 6.07) is 25.3. The molecule has 0 aliphatic carbocycles. The van der Waals surface area contributed by atoms with Crippen LogP contribution in [-0.4, -0.2) is 18.5 Å². The summed E-state index contributed by atoms with van der Waals surface area (Å²) in [5, 5.41) is 0. The Labute approximate surface area is 168 Å². The summed E-state index contributed by atoms with van der Waals surface area (Å²) in [4.78, 5) is 23.7. The van der Waals surface area contributed by atoms with Crippen molar-refractivity contribution in [2.75, 3.05) is 6.61 Å². The van der Waals surface area contributed by atoms with Crippen LogP contribution in [0.25, 0.3) is 0 Å². The van der Waals surface area contributed by atoms with E-state index in [0.717, 1.165) is 5.56 Å². The summed E-state index contributed by atoms with van der Waals surface area (Å²) in [5.41, 5.74) is 6.92. The number of primary amides is 1. The lowest BCUT2D eigenvalue weighted by Crippen LogP contribution is -2.28. The highest BCUT2D eigenvalue weighted by atomic mass is 16.6. The van der Waals surface area contributed by atoms with Crippen LogP contribution in [0.1, 0.15) is 17.2 Å². The number of amides is 1. The molecule has 29 heavy (non-hydrogen) atoms. The molecule has 1 atom stereocenters. The molecule has 6 heteroatoms. The van der Waals surface area contributed by atoms with E-state index in [1.165, 1.54) is 0 Å². The number of ether oxygens (including phenoxy) is 3. The monoisotopic (exact) mass is 391 g/mol. The lowest BCUT2D eigenvalue weighted by Gasteiger charge is -2.15. The number of esters is 1. The van der Waals surface area contributed by atoms with Gasteiger partial charge in [-0.1, -0.05) is 60.7 Å². The normalized spacial score (nSPS) is 11.3. The number of hydrogen-bond donors (Lipinski definition) is 1. The molecule has 0 saturated heterocycles. The van der Waals surface area contributed by atoms with E-state index in [2.05, 4.69) is 0 Å². The molecule has 1 amide bonds. The smallest absolute Gasteiger partial charge is 0.345 e. The van der Waals surface area contributed by atoms with Gasteiger partial charge in [0, 0.05) is 5.56 Å². The highest BCUT2D eigenvalue weighted by Gasteiger charge is 2.22. The number of carbonyl (C=O) groups excluding carboxylic acids is 2. The highest BCUT2D eigenvalue weighted by molar-refractivity contribution is 5.83. The number of hydrogen-bond acceptors (Lipinski definition) is 5. The predicted octanol–water partition coefficient (Wildman–Crippen LogP) is 3.41. The maximum Gasteiger partial charge on any atom is 0.345 e. The van der Waals surface area contributed by atoms with Gasteiger partial charge >= 0.3 is 5.97 Å². The Kier molecular flexibility index (Phi) is 6.84. The molecule has 3 aromatic rings. The zero-order valence-electron chi connectivity index (χ0n) is 15.7. The van der Waals surface area contributed by atoms with Crippen molar-refractivity contribution >= 4 is 11.9 Å². The Morgan fingerprint density at radius 3 is 1.90 bits per heavy atom. The minimum atomic E-state index is -1.15. The van der Waals surface area contributed by atoms with Gasteiger partial charge in [-0.25, -0.2) is 4.79 Å². The van der Waals surface area contributed by atoms with Gasteiger partial charge < -0.3 is 19.9 Å². The summed E-state index contributed by atoms with van der Waals surface area (Å²) in [6.45, 7) is 0.113. The lowest BCUT2D eigenvalue weighted by atomic mass is 10.1. The standard InChI is InChI=1S/C23H21NO5/c24-23(26)22(18-9-5-2-6-10-18)29-21(25)16-28-20-13-11-19(12-14-20)27-15-17-7-3-1-4-8-17/h1-14,22H,15-16H2,(H2,24,26). The number of rotatable bonds is 9. The van der Waals surface area contributed by atoms with Gasteiger partial charge in [-0.3, -0.25) is 4.79 Å². The Balaban J connectivity index is 1.49. The van der Waals surface area contributed by atoms with E-state index in [1.54, 1.807) is 54.6 Å². The zero-order valence-corrected chi connectivity index (χ0v) is 15.7. The zero-order chi connectivity index (χ0) is 20.5. The van der Waals surface area contributed by atoms with Gasteiger partial charge in [0.25, 0.3) is 5.91 Å². The first-order chi connectivity index (χ1) is 14.1. The van der Waals surface area contributed by atoms with Crippen molar-refractivity contribution in [3.8, 4) is 11.5 Å². The number of benzene rings is 3. The van der Waals surface area contributed by atoms with Crippen LogP contribution in [0.3, 0.4) is 0 Å². The fourth-order valence-corrected chi connectivity index (χ4v) is 2.60. The quantitative estimate of drug-likeness (QED) is 0.565. The molecule has 0 aliphatic heterocycles. The Bertz CT molecular complexity index is 927. The van der Waals surface area contributed by atoms with Crippen molar-refractivity contribution in [2.24, 2.45) is 5.73 Å². The average molecular weight is 391 g/mol. The Morgan fingerprint density at radius 1 is 0.759 bits per heavy atom. The second kappa shape index (κ2) is 9.94. The third kappa shape index (κ3) is 6.10. The first-order valence-electron chi connectivity index (χ1n) is 9.05. The van der Waals surface area contributed by atoms with Crippen molar-refractivity contribution < 1.29 is 23.8 Å². The molecule has 1 unspecified atom stereocenters. The molecule has 0 heterocycles. The lowest BCUT2D eigenvalue weighted by molar-refractivity contribution is -0.157. The van der Waals surface area contributed by atoms with Gasteiger partial charge in [0.15, 0.2) is 6.61 Å². The summed E-state index contributed by atoms with van der Waals surface area (Å²) < 4.78 is 16.3. The number of nitrogens with two attached hydrogens (primary N) is 1. The van der Waals surface area contributed by atoms with Crippen LogP contribution < -0.4 is 15.2 Å². The molecule has 0 bridgehead atoms. The van der Waals surface area contributed by atoms with Crippen LogP contribution in [0.5, 0.6) is 11.5 Å². The topological polar surface area (TPSA) is 87.9 Å². The van der Waals surface area contributed by atoms with Crippen molar-refractivity contribution in [1.82, 2.24) is 0 Å². The van der Waals surface area contributed by atoms with Crippen molar-refractivity contribution in [3.63, 3.8) is 0 Å². The van der Waals surface area contributed by atoms with Gasteiger partial charge in [0.1, 0.15) is 18.1 Å². The number of carbonyl (C=O) groups is 2. The predicted molar refractivity (Wildman–Crippen MR) is 107 cm³/mol. The molecule has 3 aromatic carbocycles. The third-order valence-corrected chi connectivity index (χ3v) is 4.04. The van der Waals surface area contributed by atoms with E-state index < -0.39 is 18.0 Å². The molecule has 148 valence electrons. The van der Waals surface area contributed by atoms with E-state index in [0.29, 0.717) is 23.7 Å². The van der Waals surface area contributed by atoms with Crippen LogP contribution in [0.4, 0.5) is 0 Å². The minimum absolute atomic E-state index is 0.346. The molecule has 0 radical (unpaired) electrons. The molecule has 6 nitrogen and oxygen atoms in total. The van der Waals surface area contributed by atoms with Gasteiger partial charge in [-0.2, -0.15) is 0 Å². The highest BCUT2D eigenvalue weighted by Crippen LogP contribution is 2.20. The maximum atomic E-state index is 12.1. The summed E-state index contributed by atoms with van der Waals surface area (Å²) in [6.07, 6.45) is -1.15. The van der Waals surface area contributed by atoms with Gasteiger partial charge in [-0.05, 0) is 29.8 Å². The van der Waals surface area contributed by atoms with E-state index >= 15 is 0 Å². The van der Waals surface area contributed by atoms with E-state index in [9.17, 15) is 9.59 Å². The Hall–Kier alpha value is -3.80. The largest absolute Gasteiger partial charge is 0.489 e. The molecule has 0 aromatic heterocycles. The molecule has 0 spiro atoms. The summed E-state index contributed by atoms with van der Waals surface area (Å²) in [7, 11) is 0.